The Kier molecular flexibility index (Phi) is 3.68. The minimum atomic E-state index is -2.58. The van der Waals surface area contributed by atoms with Gasteiger partial charge >= 0.3 is 0 Å². The largest absolute Gasteiger partial charge is 0.397 e. The van der Waals surface area contributed by atoms with Gasteiger partial charge in [-0.2, -0.15) is 0 Å². The number of alkyl halides is 2. The Morgan fingerprint density at radius 3 is 2.89 bits per heavy atom. The number of benzene rings is 1. The van der Waals surface area contributed by atoms with Crippen molar-refractivity contribution >= 4 is 44.6 Å². The summed E-state index contributed by atoms with van der Waals surface area (Å²) < 4.78 is 24.8. The summed E-state index contributed by atoms with van der Waals surface area (Å²) in [4.78, 5) is 11.9. The van der Waals surface area contributed by atoms with Gasteiger partial charge in [0.05, 0.1) is 12.2 Å². The molecular weight excluding hydrogens is 282 g/mol. The third-order valence-corrected chi connectivity index (χ3v) is 3.72. The van der Waals surface area contributed by atoms with E-state index in [4.69, 9.17) is 17.3 Å². The summed E-state index contributed by atoms with van der Waals surface area (Å²) in [5.41, 5.74) is 6.11. The molecule has 7 heteroatoms. The number of hydrogen-bond acceptors (Lipinski definition) is 3. The van der Waals surface area contributed by atoms with Crippen LogP contribution >= 0.6 is 22.9 Å². The molecule has 1 aromatic carbocycles. The molecule has 1 aromatic heterocycles. The van der Waals surface area contributed by atoms with E-state index in [0.29, 0.717) is 16.1 Å². The summed E-state index contributed by atoms with van der Waals surface area (Å²) in [6.07, 6.45) is -2.58. The molecule has 18 heavy (non-hydrogen) atoms. The summed E-state index contributed by atoms with van der Waals surface area (Å²) in [6, 6.07) is 5.04. The van der Waals surface area contributed by atoms with E-state index in [-0.39, 0.29) is 4.88 Å². The fourth-order valence-corrected chi connectivity index (χ4v) is 2.82. The molecule has 0 aliphatic rings. The van der Waals surface area contributed by atoms with E-state index in [0.717, 1.165) is 16.0 Å². The molecule has 0 spiro atoms. The van der Waals surface area contributed by atoms with Crippen LogP contribution < -0.4 is 11.1 Å². The van der Waals surface area contributed by atoms with Gasteiger partial charge in [-0.3, -0.25) is 4.79 Å². The monoisotopic (exact) mass is 290 g/mol. The van der Waals surface area contributed by atoms with Gasteiger partial charge < -0.3 is 11.1 Å². The number of carbonyl (C=O) groups is 1. The van der Waals surface area contributed by atoms with Crippen LogP contribution in [-0.4, -0.2) is 18.9 Å². The first-order valence-corrected chi connectivity index (χ1v) is 6.22. The molecule has 0 aliphatic heterocycles. The van der Waals surface area contributed by atoms with Crippen molar-refractivity contribution in [3.8, 4) is 0 Å². The number of hydrogen-bond donors (Lipinski definition) is 2. The third-order valence-electron chi connectivity index (χ3n) is 2.31. The van der Waals surface area contributed by atoms with Crippen LogP contribution in [0.5, 0.6) is 0 Å². The van der Waals surface area contributed by atoms with E-state index in [1.54, 1.807) is 18.2 Å². The Labute approximate surface area is 111 Å². The fourth-order valence-electron chi connectivity index (χ4n) is 1.51. The number of nitrogen functional groups attached to an aromatic ring is 1. The summed E-state index contributed by atoms with van der Waals surface area (Å²) in [7, 11) is 0. The zero-order valence-corrected chi connectivity index (χ0v) is 10.6. The highest BCUT2D eigenvalue weighted by Gasteiger charge is 2.17. The van der Waals surface area contributed by atoms with Crippen molar-refractivity contribution in [1.29, 1.82) is 0 Å². The standard InChI is InChI=1S/C11H9ClF2N2OS/c12-5-1-2-6-7(3-5)18-10(9(6)15)11(17)16-4-8(13)14/h1-3,8H,4,15H2,(H,16,17). The molecule has 0 fully saturated rings. The summed E-state index contributed by atoms with van der Waals surface area (Å²) in [5.74, 6) is -0.592. The van der Waals surface area contributed by atoms with Crippen LogP contribution in [0.15, 0.2) is 18.2 Å². The first-order chi connectivity index (χ1) is 8.49. The lowest BCUT2D eigenvalue weighted by molar-refractivity contribution is 0.0896. The summed E-state index contributed by atoms with van der Waals surface area (Å²) in [5, 5.41) is 3.35. The topological polar surface area (TPSA) is 55.1 Å². The van der Waals surface area contributed by atoms with Gasteiger partial charge in [0.25, 0.3) is 12.3 Å². The zero-order valence-electron chi connectivity index (χ0n) is 9.04. The Hall–Kier alpha value is -1.40. The summed E-state index contributed by atoms with van der Waals surface area (Å²) >= 11 is 6.96. The molecule has 0 aliphatic carbocycles. The average molecular weight is 291 g/mol. The van der Waals surface area contributed by atoms with Gasteiger partial charge in [0.2, 0.25) is 0 Å². The number of thiophene rings is 1. The zero-order chi connectivity index (χ0) is 13.3. The second-order valence-electron chi connectivity index (χ2n) is 3.59. The molecule has 1 heterocycles. The number of nitrogens with two attached hydrogens (primary N) is 1. The Morgan fingerprint density at radius 2 is 2.22 bits per heavy atom. The minimum Gasteiger partial charge on any atom is -0.397 e. The predicted molar refractivity (Wildman–Crippen MR) is 69.6 cm³/mol. The molecule has 0 radical (unpaired) electrons. The molecule has 1 amide bonds. The lowest BCUT2D eigenvalue weighted by Crippen LogP contribution is -2.28. The van der Waals surface area contributed by atoms with E-state index in [9.17, 15) is 13.6 Å². The van der Waals surface area contributed by atoms with Crippen LogP contribution in [0, 0.1) is 0 Å². The second-order valence-corrected chi connectivity index (χ2v) is 5.08. The quantitative estimate of drug-likeness (QED) is 0.912. The average Bonchev–Trinajstić information content (AvgIpc) is 2.63. The van der Waals surface area contributed by atoms with E-state index >= 15 is 0 Å². The first kappa shape index (κ1) is 13.0. The Bertz CT molecular complexity index is 600. The molecule has 0 saturated heterocycles. The predicted octanol–water partition coefficient (Wildman–Crippen LogP) is 3.13. The van der Waals surface area contributed by atoms with E-state index < -0.39 is 18.9 Å². The molecule has 2 aromatic rings. The van der Waals surface area contributed by atoms with E-state index in [1.165, 1.54) is 0 Å². The van der Waals surface area contributed by atoms with Crippen LogP contribution in [0.25, 0.3) is 10.1 Å². The number of rotatable bonds is 3. The molecule has 0 unspecified atom stereocenters. The van der Waals surface area contributed by atoms with Crippen LogP contribution in [0.4, 0.5) is 14.5 Å². The molecule has 2 rings (SSSR count). The van der Waals surface area contributed by atoms with Gasteiger partial charge in [-0.1, -0.05) is 11.6 Å². The first-order valence-electron chi connectivity index (χ1n) is 5.03. The smallest absolute Gasteiger partial charge is 0.263 e. The molecule has 0 saturated carbocycles. The van der Waals surface area contributed by atoms with Crippen molar-refractivity contribution in [3.05, 3.63) is 28.1 Å². The van der Waals surface area contributed by atoms with Gasteiger partial charge in [0.1, 0.15) is 4.88 Å². The molecule has 3 N–H and O–H groups in total. The molecule has 3 nitrogen and oxygen atoms in total. The normalized spacial score (nSPS) is 11.1. The molecule has 0 atom stereocenters. The maximum atomic E-state index is 12.0. The fraction of sp³-hybridized carbons (Fsp3) is 0.182. The van der Waals surface area contributed by atoms with Gasteiger partial charge in [0, 0.05) is 15.1 Å². The van der Waals surface area contributed by atoms with Crippen molar-refractivity contribution in [3.63, 3.8) is 0 Å². The summed E-state index contributed by atoms with van der Waals surface area (Å²) in [6.45, 7) is -0.687. The highest BCUT2D eigenvalue weighted by molar-refractivity contribution is 7.21. The van der Waals surface area contributed by atoms with E-state index in [1.807, 2.05) is 0 Å². The molecule has 0 bridgehead atoms. The lowest BCUT2D eigenvalue weighted by Gasteiger charge is -2.02. The van der Waals surface area contributed by atoms with E-state index in [2.05, 4.69) is 5.32 Å². The van der Waals surface area contributed by atoms with Crippen molar-refractivity contribution in [2.75, 3.05) is 12.3 Å². The van der Waals surface area contributed by atoms with Crippen molar-refractivity contribution in [1.82, 2.24) is 5.32 Å². The lowest BCUT2D eigenvalue weighted by atomic mass is 10.2. The highest BCUT2D eigenvalue weighted by atomic mass is 35.5. The second kappa shape index (κ2) is 5.07. The number of fused-ring (bicyclic) bond motifs is 1. The number of nitrogens with one attached hydrogen (secondary N) is 1. The van der Waals surface area contributed by atoms with Crippen LogP contribution in [-0.2, 0) is 0 Å². The highest BCUT2D eigenvalue weighted by Crippen LogP contribution is 2.35. The van der Waals surface area contributed by atoms with Gasteiger partial charge in [-0.25, -0.2) is 8.78 Å². The number of amides is 1. The maximum Gasteiger partial charge on any atom is 0.263 e. The van der Waals surface area contributed by atoms with Crippen molar-refractivity contribution < 1.29 is 13.6 Å². The van der Waals surface area contributed by atoms with Gasteiger partial charge in [0.15, 0.2) is 0 Å². The number of carbonyl (C=O) groups excluding carboxylic acids is 1. The Balaban J connectivity index is 2.33. The van der Waals surface area contributed by atoms with Crippen molar-refractivity contribution in [2.45, 2.75) is 6.43 Å². The van der Waals surface area contributed by atoms with Crippen LogP contribution in [0.2, 0.25) is 5.02 Å². The maximum absolute atomic E-state index is 12.0. The van der Waals surface area contributed by atoms with Crippen molar-refractivity contribution in [2.24, 2.45) is 0 Å². The number of halogens is 3. The molecule has 96 valence electrons. The molecular formula is C11H9ClF2N2OS. The van der Waals surface area contributed by atoms with Crippen LogP contribution in [0.1, 0.15) is 9.67 Å². The van der Waals surface area contributed by atoms with Crippen LogP contribution in [0.3, 0.4) is 0 Å². The minimum absolute atomic E-state index is 0.230. The SMILES string of the molecule is Nc1c(C(=O)NCC(F)F)sc2cc(Cl)ccc12. The number of anilines is 1. The van der Waals surface area contributed by atoms with Gasteiger partial charge in [-0.05, 0) is 18.2 Å². The van der Waals surface area contributed by atoms with Gasteiger partial charge in [-0.15, -0.1) is 11.3 Å². The third kappa shape index (κ3) is 2.54. The Morgan fingerprint density at radius 1 is 1.50 bits per heavy atom.